The van der Waals surface area contributed by atoms with Crippen LogP contribution in [-0.4, -0.2) is 56.6 Å². The van der Waals surface area contributed by atoms with Crippen LogP contribution in [0.15, 0.2) is 57.9 Å². The summed E-state index contributed by atoms with van der Waals surface area (Å²) < 4.78 is 28.5. The van der Waals surface area contributed by atoms with Crippen molar-refractivity contribution in [1.82, 2.24) is 9.80 Å². The van der Waals surface area contributed by atoms with Crippen molar-refractivity contribution in [3.05, 3.63) is 64.1 Å². The predicted molar refractivity (Wildman–Crippen MR) is 106 cm³/mol. The number of nitrogens with zero attached hydrogens (tertiary/aromatic N) is 2. The Bertz CT molecular complexity index is 960. The predicted octanol–water partition coefficient (Wildman–Crippen LogP) is 3.17. The maximum Gasteiger partial charge on any atom is 0.407 e. The van der Waals surface area contributed by atoms with Crippen LogP contribution in [0.25, 0.3) is 0 Å². The van der Waals surface area contributed by atoms with Crippen molar-refractivity contribution in [3.8, 4) is 0 Å². The first-order valence-corrected chi connectivity index (χ1v) is 10.7. The smallest absolute Gasteiger partial charge is 0.407 e. The lowest BCUT2D eigenvalue weighted by molar-refractivity contribution is 0.120. The molecule has 2 aromatic rings. The Morgan fingerprint density at radius 1 is 1.15 bits per heavy atom. The van der Waals surface area contributed by atoms with E-state index >= 15 is 0 Å². The quantitative estimate of drug-likeness (QED) is 0.773. The zero-order chi connectivity index (χ0) is 19.8. The Morgan fingerprint density at radius 3 is 2.37 bits per heavy atom. The summed E-state index contributed by atoms with van der Waals surface area (Å²) in [7, 11) is -0.585. The molecule has 6 nitrogen and oxygen atoms in total. The zero-order valence-electron chi connectivity index (χ0n) is 15.1. The van der Waals surface area contributed by atoms with E-state index in [1.54, 1.807) is 55.4 Å². The minimum atomic E-state index is -3.94. The van der Waals surface area contributed by atoms with E-state index in [9.17, 15) is 18.3 Å². The van der Waals surface area contributed by atoms with Crippen LogP contribution in [-0.2, 0) is 21.1 Å². The summed E-state index contributed by atoms with van der Waals surface area (Å²) in [6.45, 7) is 0.0859. The van der Waals surface area contributed by atoms with E-state index in [1.807, 2.05) is 12.1 Å². The molecule has 0 aliphatic carbocycles. The number of sulfone groups is 1. The second-order valence-electron chi connectivity index (χ2n) is 6.75. The van der Waals surface area contributed by atoms with E-state index in [0.29, 0.717) is 12.0 Å². The van der Waals surface area contributed by atoms with Gasteiger partial charge in [0.1, 0.15) is 0 Å². The standard InChI is InChI=1S/C19H21BrN2O4S/c1-21(2)19(27(25,26)16-9-7-15(20)8-10-16)13-22(18(23)24)12-11-14-5-3-4-6-17(14)19/h3-10H,11-13H2,1-2H3,(H,23,24). The van der Waals surface area contributed by atoms with Gasteiger partial charge in [-0.15, -0.1) is 0 Å². The fourth-order valence-electron chi connectivity index (χ4n) is 3.62. The number of rotatable bonds is 3. The minimum absolute atomic E-state index is 0.154. The number of fused-ring (bicyclic) bond motifs is 1. The molecular weight excluding hydrogens is 432 g/mol. The van der Waals surface area contributed by atoms with Gasteiger partial charge in [0.15, 0.2) is 4.87 Å². The minimum Gasteiger partial charge on any atom is -0.465 e. The number of hydrogen-bond donors (Lipinski definition) is 1. The summed E-state index contributed by atoms with van der Waals surface area (Å²) in [6.07, 6.45) is -0.659. The molecule has 0 fully saturated rings. The summed E-state index contributed by atoms with van der Waals surface area (Å²) in [6, 6.07) is 13.7. The van der Waals surface area contributed by atoms with Crippen LogP contribution in [0.4, 0.5) is 4.79 Å². The third-order valence-corrected chi connectivity index (χ3v) is 8.08. The van der Waals surface area contributed by atoms with Crippen LogP contribution < -0.4 is 0 Å². The summed E-state index contributed by atoms with van der Waals surface area (Å²) in [4.78, 5) is 13.2. The molecule has 1 heterocycles. The van der Waals surface area contributed by atoms with Crippen molar-refractivity contribution < 1.29 is 18.3 Å². The summed E-state index contributed by atoms with van der Waals surface area (Å²) in [5, 5.41) is 9.64. The first kappa shape index (κ1) is 19.9. The average Bonchev–Trinajstić information content (AvgIpc) is 2.80. The Morgan fingerprint density at radius 2 is 1.78 bits per heavy atom. The van der Waals surface area contributed by atoms with Crippen LogP contribution in [0.5, 0.6) is 0 Å². The summed E-state index contributed by atoms with van der Waals surface area (Å²) in [5.74, 6) is 0. The van der Waals surface area contributed by atoms with Gasteiger partial charge in [-0.1, -0.05) is 40.2 Å². The number of benzene rings is 2. The molecule has 27 heavy (non-hydrogen) atoms. The highest BCUT2D eigenvalue weighted by atomic mass is 79.9. The molecule has 0 saturated carbocycles. The normalized spacial score (nSPS) is 20.2. The van der Waals surface area contributed by atoms with Gasteiger partial charge in [-0.05, 0) is 55.9 Å². The maximum absolute atomic E-state index is 13.9. The number of hydrogen-bond acceptors (Lipinski definition) is 4. The third kappa shape index (κ3) is 3.26. The van der Waals surface area contributed by atoms with E-state index in [1.165, 1.54) is 4.90 Å². The lowest BCUT2D eigenvalue weighted by atomic mass is 9.98. The van der Waals surface area contributed by atoms with Gasteiger partial charge in [-0.3, -0.25) is 4.90 Å². The number of halogens is 1. The van der Waals surface area contributed by atoms with Gasteiger partial charge in [-0.2, -0.15) is 0 Å². The van der Waals surface area contributed by atoms with Crippen LogP contribution >= 0.6 is 15.9 Å². The molecule has 1 atom stereocenters. The number of carbonyl (C=O) groups is 1. The first-order valence-electron chi connectivity index (χ1n) is 8.44. The van der Waals surface area contributed by atoms with Crippen molar-refractivity contribution in [1.29, 1.82) is 0 Å². The molecule has 0 radical (unpaired) electrons. The van der Waals surface area contributed by atoms with E-state index in [-0.39, 0.29) is 18.0 Å². The van der Waals surface area contributed by atoms with Crippen molar-refractivity contribution in [2.45, 2.75) is 16.2 Å². The molecule has 1 aliphatic heterocycles. The fraction of sp³-hybridized carbons (Fsp3) is 0.316. The highest BCUT2D eigenvalue weighted by Crippen LogP contribution is 2.41. The van der Waals surface area contributed by atoms with E-state index < -0.39 is 20.8 Å². The van der Waals surface area contributed by atoms with Crippen molar-refractivity contribution in [2.75, 3.05) is 27.2 Å². The van der Waals surface area contributed by atoms with Gasteiger partial charge < -0.3 is 10.0 Å². The zero-order valence-corrected chi connectivity index (χ0v) is 17.5. The van der Waals surface area contributed by atoms with Gasteiger partial charge in [-0.25, -0.2) is 13.2 Å². The van der Waals surface area contributed by atoms with Crippen molar-refractivity contribution in [3.63, 3.8) is 0 Å². The fourth-order valence-corrected chi connectivity index (χ4v) is 6.07. The Kier molecular flexibility index (Phi) is 5.33. The molecule has 2 aromatic carbocycles. The van der Waals surface area contributed by atoms with Crippen LogP contribution in [0.1, 0.15) is 11.1 Å². The van der Waals surface area contributed by atoms with E-state index in [2.05, 4.69) is 15.9 Å². The molecule has 144 valence electrons. The van der Waals surface area contributed by atoms with E-state index in [4.69, 9.17) is 0 Å². The SMILES string of the molecule is CN(C)C1(S(=O)(=O)c2ccc(Br)cc2)CN(C(=O)O)CCc2ccccc21. The Labute approximate surface area is 167 Å². The summed E-state index contributed by atoms with van der Waals surface area (Å²) in [5.41, 5.74) is 1.47. The number of amides is 1. The van der Waals surface area contributed by atoms with Crippen LogP contribution in [0.3, 0.4) is 0 Å². The largest absolute Gasteiger partial charge is 0.465 e. The molecule has 0 bridgehead atoms. The van der Waals surface area contributed by atoms with Gasteiger partial charge in [0.2, 0.25) is 9.84 Å². The number of carboxylic acid groups (broad SMARTS) is 1. The topological polar surface area (TPSA) is 77.9 Å². The highest BCUT2D eigenvalue weighted by Gasteiger charge is 2.52. The summed E-state index contributed by atoms with van der Waals surface area (Å²) >= 11 is 3.33. The third-order valence-electron chi connectivity index (χ3n) is 5.06. The Hall–Kier alpha value is -1.90. The van der Waals surface area contributed by atoms with Crippen LogP contribution in [0, 0.1) is 0 Å². The maximum atomic E-state index is 13.9. The molecule has 1 aliphatic rings. The molecule has 0 aromatic heterocycles. The molecule has 1 unspecified atom stereocenters. The molecule has 1 amide bonds. The van der Waals surface area contributed by atoms with Crippen molar-refractivity contribution in [2.24, 2.45) is 0 Å². The second kappa shape index (κ2) is 7.26. The second-order valence-corrected chi connectivity index (χ2v) is 9.82. The highest BCUT2D eigenvalue weighted by molar-refractivity contribution is 9.10. The Balaban J connectivity index is 2.32. The van der Waals surface area contributed by atoms with Gasteiger partial charge in [0, 0.05) is 11.0 Å². The molecule has 0 saturated heterocycles. The molecule has 3 rings (SSSR count). The van der Waals surface area contributed by atoms with Crippen LogP contribution in [0.2, 0.25) is 0 Å². The monoisotopic (exact) mass is 452 g/mol. The molecule has 8 heteroatoms. The van der Waals surface area contributed by atoms with Gasteiger partial charge in [0.25, 0.3) is 0 Å². The first-order chi connectivity index (χ1) is 12.7. The molecule has 0 spiro atoms. The molecular formula is C19H21BrN2O4S. The van der Waals surface area contributed by atoms with Crippen molar-refractivity contribution >= 4 is 31.9 Å². The van der Waals surface area contributed by atoms with Gasteiger partial charge >= 0.3 is 6.09 Å². The molecule has 1 N–H and O–H groups in total. The van der Waals surface area contributed by atoms with E-state index in [0.717, 1.165) is 10.0 Å². The average molecular weight is 453 g/mol. The number of likely N-dealkylation sites (N-methyl/N-ethyl adjacent to an activating group) is 1. The lowest BCUT2D eigenvalue weighted by Gasteiger charge is -2.41. The lowest BCUT2D eigenvalue weighted by Crippen LogP contribution is -2.55. The van der Waals surface area contributed by atoms with Gasteiger partial charge in [0.05, 0.1) is 11.4 Å².